The molecule has 0 spiro atoms. The van der Waals surface area contributed by atoms with Crippen LogP contribution in [0.2, 0.25) is 4.47 Å². The lowest BCUT2D eigenvalue weighted by atomic mass is 10.3. The zero-order valence-electron chi connectivity index (χ0n) is 13.9. The molecule has 4 heterocycles. The number of hydrogen-bond acceptors (Lipinski definition) is 7. The van der Waals surface area contributed by atoms with Crippen molar-refractivity contribution in [3.8, 4) is 5.88 Å². The average Bonchev–Trinajstić information content (AvgIpc) is 3.37. The van der Waals surface area contributed by atoms with Crippen LogP contribution in [0.3, 0.4) is 0 Å². The molecular formula is C17H14ClN4O4S+. The zero-order valence-corrected chi connectivity index (χ0v) is 15.5. The first-order valence-electron chi connectivity index (χ1n) is 7.95. The van der Waals surface area contributed by atoms with Gasteiger partial charge in [-0.3, -0.25) is 4.79 Å². The van der Waals surface area contributed by atoms with Crippen LogP contribution in [0, 0.1) is 0 Å². The van der Waals surface area contributed by atoms with Gasteiger partial charge in [0.05, 0.1) is 17.7 Å². The molecule has 0 aliphatic carbocycles. The summed E-state index contributed by atoms with van der Waals surface area (Å²) in [6, 6.07) is 7.08. The van der Waals surface area contributed by atoms with Gasteiger partial charge in [0, 0.05) is 18.3 Å². The van der Waals surface area contributed by atoms with Crippen LogP contribution in [0.25, 0.3) is 5.65 Å². The van der Waals surface area contributed by atoms with Crippen molar-refractivity contribution >= 4 is 34.4 Å². The van der Waals surface area contributed by atoms with Gasteiger partial charge in [0.25, 0.3) is 11.3 Å². The standard InChI is InChI=1S/C17H13ClN4O4S/c18-17-19-7-12(27-17)8-22-14-3-1-2-5-21(14)16(24)15(22)13(23)10-25-9-11-4-6-26-20-11/h1-7H,8-10H2/p+1. The second kappa shape index (κ2) is 7.47. The molecule has 0 aromatic carbocycles. The fraction of sp³-hybridized carbons (Fsp3) is 0.176. The molecule has 27 heavy (non-hydrogen) atoms. The Hall–Kier alpha value is -2.75. The van der Waals surface area contributed by atoms with E-state index in [2.05, 4.69) is 10.1 Å². The van der Waals surface area contributed by atoms with Crippen LogP contribution in [-0.2, 0) is 17.9 Å². The topological polar surface area (TPSA) is 94.5 Å². The molecule has 10 heteroatoms. The van der Waals surface area contributed by atoms with Crippen LogP contribution in [0.15, 0.2) is 47.4 Å². The van der Waals surface area contributed by atoms with Crippen molar-refractivity contribution in [2.75, 3.05) is 6.61 Å². The summed E-state index contributed by atoms with van der Waals surface area (Å²) in [5.74, 6) is -0.494. The SMILES string of the molecule is O=C(COCc1ccon1)c1c(O)[n+]2ccccc2n1Cc1cnc(Cl)s1. The molecule has 0 bridgehead atoms. The minimum atomic E-state index is -0.352. The summed E-state index contributed by atoms with van der Waals surface area (Å²) in [4.78, 5) is 17.7. The van der Waals surface area contributed by atoms with Gasteiger partial charge >= 0.3 is 5.88 Å². The molecule has 0 saturated heterocycles. The average molecular weight is 406 g/mol. The minimum absolute atomic E-state index is 0.140. The summed E-state index contributed by atoms with van der Waals surface area (Å²) >= 11 is 7.23. The summed E-state index contributed by atoms with van der Waals surface area (Å²) in [6.45, 7) is 0.282. The van der Waals surface area contributed by atoms with Crippen molar-refractivity contribution in [1.82, 2.24) is 14.7 Å². The van der Waals surface area contributed by atoms with E-state index in [9.17, 15) is 9.90 Å². The van der Waals surface area contributed by atoms with Gasteiger partial charge in [0.2, 0.25) is 5.78 Å². The highest BCUT2D eigenvalue weighted by atomic mass is 35.5. The number of Topliss-reactive ketones (excluding diaryl/α,β-unsaturated/α-hetero) is 1. The maximum absolute atomic E-state index is 12.8. The summed E-state index contributed by atoms with van der Waals surface area (Å²) in [6.07, 6.45) is 4.77. The predicted octanol–water partition coefficient (Wildman–Crippen LogP) is 2.48. The van der Waals surface area contributed by atoms with E-state index in [-0.39, 0.29) is 30.6 Å². The fourth-order valence-electron chi connectivity index (χ4n) is 2.76. The number of ketones is 1. The van der Waals surface area contributed by atoms with E-state index in [1.165, 1.54) is 17.6 Å². The molecule has 0 atom stereocenters. The Labute approximate surface area is 162 Å². The van der Waals surface area contributed by atoms with Gasteiger partial charge in [0.1, 0.15) is 25.1 Å². The number of hydrogen-bond donors (Lipinski definition) is 1. The van der Waals surface area contributed by atoms with Crippen molar-refractivity contribution in [1.29, 1.82) is 0 Å². The third-order valence-corrected chi connectivity index (χ3v) is 5.00. The van der Waals surface area contributed by atoms with Gasteiger partial charge in [0.15, 0.2) is 4.47 Å². The van der Waals surface area contributed by atoms with Gasteiger partial charge in [-0.1, -0.05) is 22.8 Å². The van der Waals surface area contributed by atoms with Crippen LogP contribution in [0.4, 0.5) is 0 Å². The van der Waals surface area contributed by atoms with Crippen LogP contribution >= 0.6 is 22.9 Å². The van der Waals surface area contributed by atoms with E-state index in [1.54, 1.807) is 33.5 Å². The van der Waals surface area contributed by atoms with Crippen LogP contribution in [0.1, 0.15) is 21.1 Å². The smallest absolute Gasteiger partial charge is 0.339 e. The Bertz CT molecular complexity index is 1090. The first kappa shape index (κ1) is 17.7. The maximum atomic E-state index is 12.8. The quantitative estimate of drug-likeness (QED) is 0.375. The summed E-state index contributed by atoms with van der Waals surface area (Å²) < 4.78 is 13.8. The van der Waals surface area contributed by atoms with E-state index in [0.29, 0.717) is 22.4 Å². The minimum Gasteiger partial charge on any atom is -0.474 e. The number of pyridine rings is 1. The Balaban J connectivity index is 1.64. The number of rotatable bonds is 7. The van der Waals surface area contributed by atoms with Crippen LogP contribution < -0.4 is 4.40 Å². The van der Waals surface area contributed by atoms with Crippen molar-refractivity contribution in [2.45, 2.75) is 13.2 Å². The van der Waals surface area contributed by atoms with Gasteiger partial charge in [-0.2, -0.15) is 4.40 Å². The molecular weight excluding hydrogens is 392 g/mol. The molecule has 4 aromatic heterocycles. The molecule has 1 N–H and O–H groups in total. The molecule has 0 fully saturated rings. The second-order valence-electron chi connectivity index (χ2n) is 5.67. The highest BCUT2D eigenvalue weighted by molar-refractivity contribution is 7.15. The molecule has 0 unspecified atom stereocenters. The largest absolute Gasteiger partial charge is 0.474 e. The molecule has 0 amide bonds. The number of fused-ring (bicyclic) bond motifs is 1. The van der Waals surface area contributed by atoms with E-state index >= 15 is 0 Å². The third kappa shape index (κ3) is 3.57. The highest BCUT2D eigenvalue weighted by Gasteiger charge is 2.31. The molecule has 8 nitrogen and oxygen atoms in total. The molecule has 138 valence electrons. The molecule has 4 aromatic rings. The number of carbonyl (C=O) groups is 1. The van der Waals surface area contributed by atoms with Crippen LogP contribution in [0.5, 0.6) is 5.88 Å². The van der Waals surface area contributed by atoms with Crippen LogP contribution in [-0.4, -0.2) is 32.2 Å². The fourth-order valence-corrected chi connectivity index (χ4v) is 3.73. The number of aromatic hydroxyl groups is 1. The van der Waals surface area contributed by atoms with Crippen molar-refractivity contribution < 1.29 is 23.6 Å². The first-order valence-corrected chi connectivity index (χ1v) is 9.15. The molecule has 0 aliphatic rings. The molecule has 0 aliphatic heterocycles. The zero-order chi connectivity index (χ0) is 18.8. The number of thiazole rings is 1. The van der Waals surface area contributed by atoms with E-state index in [0.717, 1.165) is 4.88 Å². The van der Waals surface area contributed by atoms with Gasteiger partial charge in [-0.15, -0.1) is 11.3 Å². The third-order valence-electron chi connectivity index (χ3n) is 3.90. The summed E-state index contributed by atoms with van der Waals surface area (Å²) in [7, 11) is 0. The first-order chi connectivity index (χ1) is 13.1. The lowest BCUT2D eigenvalue weighted by Gasteiger charge is -2.02. The summed E-state index contributed by atoms with van der Waals surface area (Å²) in [5, 5.41) is 14.3. The molecule has 0 saturated carbocycles. The van der Waals surface area contributed by atoms with Crippen molar-refractivity contribution in [2.24, 2.45) is 0 Å². The summed E-state index contributed by atoms with van der Waals surface area (Å²) in [5.41, 5.74) is 1.41. The molecule has 0 radical (unpaired) electrons. The number of ether oxygens (including phenoxy) is 1. The van der Waals surface area contributed by atoms with Gasteiger partial charge in [-0.05, 0) is 6.07 Å². The number of aromatic nitrogens is 4. The molecule has 4 rings (SSSR count). The number of halogens is 1. The predicted molar refractivity (Wildman–Crippen MR) is 96.0 cm³/mol. The number of carbonyl (C=O) groups excluding carboxylic acids is 1. The van der Waals surface area contributed by atoms with Crippen molar-refractivity contribution in [3.63, 3.8) is 0 Å². The number of imidazole rings is 1. The number of nitrogens with zero attached hydrogens (tertiary/aromatic N) is 4. The Kier molecular flexibility index (Phi) is 4.88. The highest BCUT2D eigenvalue weighted by Crippen LogP contribution is 2.24. The van der Waals surface area contributed by atoms with Crippen molar-refractivity contribution in [3.05, 3.63) is 63.7 Å². The van der Waals surface area contributed by atoms with Gasteiger partial charge in [-0.25, -0.2) is 9.55 Å². The van der Waals surface area contributed by atoms with E-state index < -0.39 is 0 Å². The van der Waals surface area contributed by atoms with E-state index in [1.807, 2.05) is 12.1 Å². The Morgan fingerprint density at radius 2 is 2.30 bits per heavy atom. The Morgan fingerprint density at radius 3 is 3.04 bits per heavy atom. The lowest BCUT2D eigenvalue weighted by Crippen LogP contribution is -2.19. The van der Waals surface area contributed by atoms with Gasteiger partial charge < -0.3 is 14.4 Å². The van der Waals surface area contributed by atoms with E-state index in [4.69, 9.17) is 20.9 Å². The maximum Gasteiger partial charge on any atom is 0.339 e. The second-order valence-corrected chi connectivity index (χ2v) is 7.37. The Morgan fingerprint density at radius 1 is 1.41 bits per heavy atom. The lowest BCUT2D eigenvalue weighted by molar-refractivity contribution is -0.521. The normalized spacial score (nSPS) is 11.3. The monoisotopic (exact) mass is 405 g/mol.